The van der Waals surface area contributed by atoms with Crippen LogP contribution in [0.1, 0.15) is 34.5 Å². The number of nitrogens with one attached hydrogen (secondary N) is 1. The zero-order chi connectivity index (χ0) is 15.4. The molecule has 1 N–H and O–H groups in total. The van der Waals surface area contributed by atoms with Gasteiger partial charge in [0.1, 0.15) is 5.82 Å². The third-order valence-electron chi connectivity index (χ3n) is 3.74. The Hall–Kier alpha value is -1.59. The van der Waals surface area contributed by atoms with E-state index in [1.54, 1.807) is 23.6 Å². The minimum absolute atomic E-state index is 0.0268. The number of likely N-dealkylation sites (tertiary alicyclic amines) is 1. The fourth-order valence-corrected chi connectivity index (χ4v) is 3.43. The van der Waals surface area contributed by atoms with Crippen molar-refractivity contribution in [3.63, 3.8) is 0 Å². The van der Waals surface area contributed by atoms with E-state index in [0.717, 1.165) is 25.9 Å². The van der Waals surface area contributed by atoms with E-state index >= 15 is 0 Å². The van der Waals surface area contributed by atoms with Crippen molar-refractivity contribution in [3.05, 3.63) is 45.2 Å². The van der Waals surface area contributed by atoms with Gasteiger partial charge in [-0.1, -0.05) is 17.7 Å². The van der Waals surface area contributed by atoms with Gasteiger partial charge in [0.25, 0.3) is 5.91 Å². The Morgan fingerprint density at radius 2 is 2.18 bits per heavy atom. The monoisotopic (exact) mass is 335 g/mol. The summed E-state index contributed by atoms with van der Waals surface area (Å²) < 4.78 is 0. The molecule has 0 saturated carbocycles. The average Bonchev–Trinajstić information content (AvgIpc) is 3.07. The molecule has 2 aromatic rings. The maximum atomic E-state index is 12.4. The highest BCUT2D eigenvalue weighted by Crippen LogP contribution is 2.23. The third-order valence-corrected chi connectivity index (χ3v) is 4.91. The first-order valence-electron chi connectivity index (χ1n) is 7.45. The molecule has 4 nitrogen and oxygen atoms in total. The Morgan fingerprint density at radius 3 is 2.86 bits per heavy atom. The summed E-state index contributed by atoms with van der Waals surface area (Å²) in [4.78, 5) is 19.8. The van der Waals surface area contributed by atoms with Gasteiger partial charge in [-0.15, -0.1) is 11.3 Å². The summed E-state index contributed by atoms with van der Waals surface area (Å²) in [7, 11) is 0. The second-order valence-corrected chi connectivity index (χ2v) is 6.78. The zero-order valence-corrected chi connectivity index (χ0v) is 13.8. The second kappa shape index (κ2) is 7.11. The fourth-order valence-electron chi connectivity index (χ4n) is 2.55. The van der Waals surface area contributed by atoms with E-state index in [9.17, 15) is 4.79 Å². The Morgan fingerprint density at radius 1 is 1.36 bits per heavy atom. The summed E-state index contributed by atoms with van der Waals surface area (Å²) in [6.45, 7) is 2.34. The number of aromatic nitrogens is 1. The largest absolute Gasteiger partial charge is 0.364 e. The molecule has 1 aliphatic rings. The molecule has 116 valence electrons. The van der Waals surface area contributed by atoms with Crippen LogP contribution >= 0.6 is 22.9 Å². The number of thiophene rings is 1. The highest BCUT2D eigenvalue weighted by molar-refractivity contribution is 7.09. The molecule has 0 atom stereocenters. The maximum absolute atomic E-state index is 12.4. The van der Waals surface area contributed by atoms with Gasteiger partial charge in [0.15, 0.2) is 0 Å². The fraction of sp³-hybridized carbons (Fsp3) is 0.375. The average molecular weight is 336 g/mol. The molecule has 3 rings (SSSR count). The predicted molar refractivity (Wildman–Crippen MR) is 90.6 cm³/mol. The van der Waals surface area contributed by atoms with Crippen molar-refractivity contribution in [1.82, 2.24) is 9.88 Å². The van der Waals surface area contributed by atoms with Crippen molar-refractivity contribution in [2.24, 2.45) is 0 Å². The molecule has 0 aromatic carbocycles. The van der Waals surface area contributed by atoms with Gasteiger partial charge in [-0.3, -0.25) is 4.79 Å². The Bertz CT molecular complexity index is 639. The summed E-state index contributed by atoms with van der Waals surface area (Å²) in [5, 5.41) is 5.72. The minimum atomic E-state index is 0.0268. The summed E-state index contributed by atoms with van der Waals surface area (Å²) >= 11 is 7.94. The Balaban J connectivity index is 1.67. The number of piperidine rings is 1. The molecular formula is C16H18ClN3OS. The predicted octanol–water partition coefficient (Wildman–Crippen LogP) is 4.03. The number of hydrogen-bond acceptors (Lipinski definition) is 4. The van der Waals surface area contributed by atoms with Crippen LogP contribution in [-0.4, -0.2) is 28.9 Å². The van der Waals surface area contributed by atoms with Crippen LogP contribution in [0.25, 0.3) is 0 Å². The SMILES string of the molecule is O=C(c1cnc(NCc2cccs2)c(Cl)c1)N1CCCCC1. The number of amides is 1. The molecule has 3 heterocycles. The number of anilines is 1. The third kappa shape index (κ3) is 3.59. The van der Waals surface area contributed by atoms with Gasteiger partial charge in [0.2, 0.25) is 0 Å². The number of rotatable bonds is 4. The molecule has 22 heavy (non-hydrogen) atoms. The first-order chi connectivity index (χ1) is 10.7. The van der Waals surface area contributed by atoms with Crippen LogP contribution in [-0.2, 0) is 6.54 Å². The summed E-state index contributed by atoms with van der Waals surface area (Å²) in [6, 6.07) is 5.78. The number of nitrogens with zero attached hydrogens (tertiary/aromatic N) is 2. The number of halogens is 1. The number of hydrogen-bond donors (Lipinski definition) is 1. The van der Waals surface area contributed by atoms with Crippen LogP contribution in [0, 0.1) is 0 Å². The minimum Gasteiger partial charge on any atom is -0.364 e. The summed E-state index contributed by atoms with van der Waals surface area (Å²) in [5.41, 5.74) is 0.563. The number of pyridine rings is 1. The molecule has 1 amide bonds. The van der Waals surface area contributed by atoms with Crippen LogP contribution in [0.5, 0.6) is 0 Å². The lowest BCUT2D eigenvalue weighted by atomic mass is 10.1. The Labute approximate surface area is 139 Å². The molecule has 0 bridgehead atoms. The van der Waals surface area contributed by atoms with Crippen molar-refractivity contribution in [3.8, 4) is 0 Å². The van der Waals surface area contributed by atoms with Crippen molar-refractivity contribution >= 4 is 34.7 Å². The first-order valence-corrected chi connectivity index (χ1v) is 8.71. The molecule has 0 unspecified atom stereocenters. The van der Waals surface area contributed by atoms with E-state index in [1.165, 1.54) is 11.3 Å². The molecule has 2 aromatic heterocycles. The molecular weight excluding hydrogens is 318 g/mol. The quantitative estimate of drug-likeness (QED) is 0.917. The van der Waals surface area contributed by atoms with Gasteiger partial charge in [0.05, 0.1) is 17.1 Å². The normalized spacial score (nSPS) is 14.9. The lowest BCUT2D eigenvalue weighted by Crippen LogP contribution is -2.35. The summed E-state index contributed by atoms with van der Waals surface area (Å²) in [5.74, 6) is 0.643. The van der Waals surface area contributed by atoms with Crippen LogP contribution < -0.4 is 5.32 Å². The van der Waals surface area contributed by atoms with Crippen molar-refractivity contribution in [2.75, 3.05) is 18.4 Å². The van der Waals surface area contributed by atoms with Crippen LogP contribution in [0.4, 0.5) is 5.82 Å². The molecule has 1 aliphatic heterocycles. The first kappa shape index (κ1) is 15.3. The molecule has 0 aliphatic carbocycles. The van der Waals surface area contributed by atoms with Gasteiger partial charge < -0.3 is 10.2 Å². The molecule has 1 saturated heterocycles. The molecule has 1 fully saturated rings. The lowest BCUT2D eigenvalue weighted by Gasteiger charge is -2.26. The van der Waals surface area contributed by atoms with Gasteiger partial charge in [-0.2, -0.15) is 0 Å². The summed E-state index contributed by atoms with van der Waals surface area (Å²) in [6.07, 6.45) is 4.97. The van der Waals surface area contributed by atoms with E-state index in [4.69, 9.17) is 11.6 Å². The molecule has 0 spiro atoms. The van der Waals surface area contributed by atoms with E-state index < -0.39 is 0 Å². The van der Waals surface area contributed by atoms with Crippen molar-refractivity contribution < 1.29 is 4.79 Å². The van der Waals surface area contributed by atoms with Gasteiger partial charge in [-0.05, 0) is 36.8 Å². The highest BCUT2D eigenvalue weighted by Gasteiger charge is 2.19. The topological polar surface area (TPSA) is 45.2 Å². The molecule has 6 heteroatoms. The number of carbonyl (C=O) groups is 1. The van der Waals surface area contributed by atoms with E-state index in [0.29, 0.717) is 22.9 Å². The van der Waals surface area contributed by atoms with E-state index in [1.807, 2.05) is 16.3 Å². The van der Waals surface area contributed by atoms with Crippen LogP contribution in [0.3, 0.4) is 0 Å². The van der Waals surface area contributed by atoms with Crippen molar-refractivity contribution in [1.29, 1.82) is 0 Å². The van der Waals surface area contributed by atoms with Crippen molar-refractivity contribution in [2.45, 2.75) is 25.8 Å². The lowest BCUT2D eigenvalue weighted by molar-refractivity contribution is 0.0724. The van der Waals surface area contributed by atoms with E-state index in [2.05, 4.69) is 16.4 Å². The second-order valence-electron chi connectivity index (χ2n) is 5.34. The van der Waals surface area contributed by atoms with Crippen LogP contribution in [0.2, 0.25) is 5.02 Å². The molecule has 0 radical (unpaired) electrons. The standard InChI is InChI=1S/C16H18ClN3OS/c17-14-9-12(16(21)20-6-2-1-3-7-20)10-18-15(14)19-11-13-5-4-8-22-13/h4-5,8-10H,1-3,6-7,11H2,(H,18,19). The van der Waals surface area contributed by atoms with E-state index in [-0.39, 0.29) is 5.91 Å². The number of carbonyl (C=O) groups excluding carboxylic acids is 1. The zero-order valence-electron chi connectivity index (χ0n) is 12.2. The van der Waals surface area contributed by atoms with Crippen LogP contribution in [0.15, 0.2) is 29.8 Å². The van der Waals surface area contributed by atoms with Gasteiger partial charge in [-0.25, -0.2) is 4.98 Å². The highest BCUT2D eigenvalue weighted by atomic mass is 35.5. The Kier molecular flexibility index (Phi) is 4.95. The smallest absolute Gasteiger partial charge is 0.255 e. The maximum Gasteiger partial charge on any atom is 0.255 e. The van der Waals surface area contributed by atoms with Gasteiger partial charge in [0, 0.05) is 24.2 Å². The van der Waals surface area contributed by atoms with Gasteiger partial charge >= 0.3 is 0 Å².